The van der Waals surface area contributed by atoms with Gasteiger partial charge in [-0.25, -0.2) is 0 Å². The number of thioether (sulfide) groups is 1. The van der Waals surface area contributed by atoms with E-state index in [0.717, 1.165) is 27.4 Å². The summed E-state index contributed by atoms with van der Waals surface area (Å²) in [5, 5.41) is 3.90. The number of aliphatic imine (C=N–C) groups is 1. The van der Waals surface area contributed by atoms with E-state index in [9.17, 15) is 9.59 Å². The van der Waals surface area contributed by atoms with E-state index in [-0.39, 0.29) is 23.6 Å². The molecule has 144 valence electrons. The molecule has 2 aromatic rings. The number of carbonyl (C=O) groups is 2. The summed E-state index contributed by atoms with van der Waals surface area (Å²) in [5.41, 5.74) is 1.61. The highest BCUT2D eigenvalue weighted by Crippen LogP contribution is 2.32. The third-order valence-corrected chi connectivity index (χ3v) is 5.66. The highest BCUT2D eigenvalue weighted by atomic mass is 79.9. The van der Waals surface area contributed by atoms with E-state index in [1.165, 1.54) is 6.92 Å². The SMILES string of the molecule is CC(=O)NC1=NC(=O)/C(=C/c2ccc(OCc3ccc(Cl)cc3Cl)c(Br)c2)S1. The van der Waals surface area contributed by atoms with Crippen LogP contribution in [0, 0.1) is 0 Å². The van der Waals surface area contributed by atoms with Crippen LogP contribution in [0.1, 0.15) is 18.1 Å². The van der Waals surface area contributed by atoms with Crippen molar-refractivity contribution in [1.82, 2.24) is 5.32 Å². The number of hydrogen-bond acceptors (Lipinski definition) is 4. The minimum absolute atomic E-state index is 0.273. The molecule has 1 heterocycles. The molecule has 0 fully saturated rings. The largest absolute Gasteiger partial charge is 0.488 e. The van der Waals surface area contributed by atoms with Crippen LogP contribution in [-0.2, 0) is 16.2 Å². The molecule has 0 unspecified atom stereocenters. The van der Waals surface area contributed by atoms with Crippen LogP contribution in [0.3, 0.4) is 0 Å². The molecule has 1 aliphatic rings. The second kappa shape index (κ2) is 9.13. The molecule has 0 saturated carbocycles. The van der Waals surface area contributed by atoms with Crippen LogP contribution < -0.4 is 10.1 Å². The summed E-state index contributed by atoms with van der Waals surface area (Å²) in [7, 11) is 0. The second-order valence-electron chi connectivity index (χ2n) is 5.73. The normalized spacial score (nSPS) is 14.9. The van der Waals surface area contributed by atoms with E-state index in [0.29, 0.717) is 20.7 Å². The van der Waals surface area contributed by atoms with E-state index < -0.39 is 0 Å². The molecule has 9 heteroatoms. The maximum Gasteiger partial charge on any atom is 0.286 e. The van der Waals surface area contributed by atoms with Crippen molar-refractivity contribution in [1.29, 1.82) is 0 Å². The van der Waals surface area contributed by atoms with Crippen LogP contribution in [0.4, 0.5) is 0 Å². The molecule has 0 atom stereocenters. The number of carbonyl (C=O) groups excluding carboxylic acids is 2. The topological polar surface area (TPSA) is 67.8 Å². The molecule has 1 N–H and O–H groups in total. The standard InChI is InChI=1S/C19H13BrCl2N2O3S/c1-10(25)23-19-24-18(26)17(28-19)7-11-2-5-16(14(20)6-11)27-9-12-3-4-13(21)8-15(12)22/h2-8H,9H2,1H3,(H,23,24,25,26)/b17-7-. The number of benzene rings is 2. The first kappa shape index (κ1) is 20.9. The summed E-state index contributed by atoms with van der Waals surface area (Å²) < 4.78 is 6.54. The smallest absolute Gasteiger partial charge is 0.286 e. The Balaban J connectivity index is 1.69. The van der Waals surface area contributed by atoms with E-state index in [1.807, 2.05) is 18.2 Å². The van der Waals surface area contributed by atoms with Gasteiger partial charge >= 0.3 is 0 Å². The Labute approximate surface area is 184 Å². The zero-order valence-corrected chi connectivity index (χ0v) is 18.4. The Morgan fingerprint density at radius 3 is 2.75 bits per heavy atom. The van der Waals surface area contributed by atoms with Crippen molar-refractivity contribution in [2.24, 2.45) is 4.99 Å². The monoisotopic (exact) mass is 498 g/mol. The maximum absolute atomic E-state index is 12.0. The summed E-state index contributed by atoms with van der Waals surface area (Å²) in [6.45, 7) is 1.65. The van der Waals surface area contributed by atoms with Crippen molar-refractivity contribution >= 4 is 74.0 Å². The Kier molecular flexibility index (Phi) is 6.82. The van der Waals surface area contributed by atoms with Crippen molar-refractivity contribution in [3.8, 4) is 5.75 Å². The quantitative estimate of drug-likeness (QED) is 0.568. The van der Waals surface area contributed by atoms with Crippen LogP contribution >= 0.6 is 50.9 Å². The Hall–Kier alpha value is -1.80. The van der Waals surface area contributed by atoms with Crippen LogP contribution in [0.2, 0.25) is 10.0 Å². The lowest BCUT2D eigenvalue weighted by molar-refractivity contribution is -0.117. The molecule has 0 radical (unpaired) electrons. The van der Waals surface area contributed by atoms with Crippen molar-refractivity contribution in [2.75, 3.05) is 0 Å². The number of ether oxygens (including phenoxy) is 1. The molecule has 1 aliphatic heterocycles. The summed E-state index contributed by atoms with van der Waals surface area (Å²) >= 11 is 16.6. The summed E-state index contributed by atoms with van der Waals surface area (Å²) in [4.78, 5) is 27.3. The van der Waals surface area contributed by atoms with Crippen LogP contribution in [-0.4, -0.2) is 17.0 Å². The van der Waals surface area contributed by atoms with E-state index in [2.05, 4.69) is 26.2 Å². The fourth-order valence-electron chi connectivity index (χ4n) is 2.28. The van der Waals surface area contributed by atoms with Gasteiger partial charge in [-0.15, -0.1) is 0 Å². The average molecular weight is 500 g/mol. The number of amides is 2. The molecule has 28 heavy (non-hydrogen) atoms. The molecule has 2 amide bonds. The number of rotatable bonds is 4. The highest BCUT2D eigenvalue weighted by Gasteiger charge is 2.22. The van der Waals surface area contributed by atoms with Crippen LogP contribution in [0.25, 0.3) is 6.08 Å². The molecule has 0 spiro atoms. The molecule has 0 saturated heterocycles. The van der Waals surface area contributed by atoms with Gasteiger partial charge in [-0.3, -0.25) is 9.59 Å². The molecular formula is C19H13BrCl2N2O3S. The van der Waals surface area contributed by atoms with Gasteiger partial charge in [0.15, 0.2) is 5.17 Å². The lowest BCUT2D eigenvalue weighted by atomic mass is 10.2. The van der Waals surface area contributed by atoms with Gasteiger partial charge in [0.1, 0.15) is 12.4 Å². The Morgan fingerprint density at radius 2 is 2.07 bits per heavy atom. The van der Waals surface area contributed by atoms with Gasteiger partial charge in [-0.1, -0.05) is 35.3 Å². The van der Waals surface area contributed by atoms with Crippen LogP contribution in [0.15, 0.2) is 50.8 Å². The van der Waals surface area contributed by atoms with Crippen LogP contribution in [0.5, 0.6) is 5.75 Å². The molecule has 0 aromatic heterocycles. The second-order valence-corrected chi connectivity index (χ2v) is 8.46. The molecule has 0 bridgehead atoms. The lowest BCUT2D eigenvalue weighted by Crippen LogP contribution is -2.23. The molecule has 5 nitrogen and oxygen atoms in total. The first-order valence-corrected chi connectivity index (χ1v) is 10.3. The number of nitrogens with one attached hydrogen (secondary N) is 1. The Morgan fingerprint density at radius 1 is 1.29 bits per heavy atom. The lowest BCUT2D eigenvalue weighted by Gasteiger charge is -2.10. The molecule has 0 aliphatic carbocycles. The zero-order chi connectivity index (χ0) is 20.3. The van der Waals surface area contributed by atoms with Gasteiger partial charge in [0.05, 0.1) is 9.38 Å². The van der Waals surface area contributed by atoms with Gasteiger partial charge in [0.2, 0.25) is 5.91 Å². The molecule has 2 aromatic carbocycles. The minimum atomic E-state index is -0.387. The third-order valence-electron chi connectivity index (χ3n) is 3.56. The first-order valence-electron chi connectivity index (χ1n) is 7.98. The number of hydrogen-bond donors (Lipinski definition) is 1. The minimum Gasteiger partial charge on any atom is -0.488 e. The highest BCUT2D eigenvalue weighted by molar-refractivity contribution is 9.10. The third kappa shape index (κ3) is 5.38. The molecular weight excluding hydrogens is 487 g/mol. The fourth-order valence-corrected chi connectivity index (χ4v) is 4.12. The van der Waals surface area contributed by atoms with Crippen molar-refractivity contribution in [2.45, 2.75) is 13.5 Å². The predicted molar refractivity (Wildman–Crippen MR) is 117 cm³/mol. The Bertz CT molecular complexity index is 1020. The van der Waals surface area contributed by atoms with E-state index in [1.54, 1.807) is 24.3 Å². The average Bonchev–Trinajstić information content (AvgIpc) is 2.94. The summed E-state index contributed by atoms with van der Waals surface area (Å²) in [6.07, 6.45) is 1.70. The maximum atomic E-state index is 12.0. The van der Waals surface area contributed by atoms with Gasteiger partial charge in [0, 0.05) is 22.5 Å². The van der Waals surface area contributed by atoms with Crippen molar-refractivity contribution in [3.63, 3.8) is 0 Å². The van der Waals surface area contributed by atoms with Crippen molar-refractivity contribution in [3.05, 3.63) is 66.9 Å². The summed E-state index contributed by atoms with van der Waals surface area (Å²) in [5.74, 6) is -0.0262. The van der Waals surface area contributed by atoms with Gasteiger partial charge < -0.3 is 10.1 Å². The zero-order valence-electron chi connectivity index (χ0n) is 14.5. The van der Waals surface area contributed by atoms with Gasteiger partial charge in [-0.2, -0.15) is 4.99 Å². The fraction of sp³-hybridized carbons (Fsp3) is 0.105. The number of halogens is 3. The van der Waals surface area contributed by atoms with Crippen molar-refractivity contribution < 1.29 is 14.3 Å². The number of amidine groups is 1. The van der Waals surface area contributed by atoms with E-state index in [4.69, 9.17) is 27.9 Å². The van der Waals surface area contributed by atoms with E-state index >= 15 is 0 Å². The van der Waals surface area contributed by atoms with Gasteiger partial charge in [-0.05, 0) is 63.6 Å². The predicted octanol–water partition coefficient (Wildman–Crippen LogP) is 5.44. The number of nitrogens with zero attached hydrogens (tertiary/aromatic N) is 1. The first-order chi connectivity index (χ1) is 13.3. The van der Waals surface area contributed by atoms with Gasteiger partial charge in [0.25, 0.3) is 5.91 Å². The molecule has 3 rings (SSSR count). The summed E-state index contributed by atoms with van der Waals surface area (Å²) in [6, 6.07) is 10.7.